The van der Waals surface area contributed by atoms with E-state index in [4.69, 9.17) is 9.47 Å². The van der Waals surface area contributed by atoms with Gasteiger partial charge in [0.05, 0.1) is 0 Å². The summed E-state index contributed by atoms with van der Waals surface area (Å²) < 4.78 is 10.7. The molecule has 2 aliphatic rings. The highest BCUT2D eigenvalue weighted by Crippen LogP contribution is 2.32. The Bertz CT molecular complexity index is 637. The third-order valence-corrected chi connectivity index (χ3v) is 5.30. The van der Waals surface area contributed by atoms with Crippen molar-refractivity contribution in [2.75, 3.05) is 26.4 Å². The van der Waals surface area contributed by atoms with Gasteiger partial charge in [0, 0.05) is 31.7 Å². The van der Waals surface area contributed by atoms with Gasteiger partial charge in [0.1, 0.15) is 0 Å². The lowest BCUT2D eigenvalue weighted by Gasteiger charge is -2.45. The summed E-state index contributed by atoms with van der Waals surface area (Å²) in [6, 6.07) is 5.57. The largest absolute Gasteiger partial charge is 0.454 e. The highest BCUT2D eigenvalue weighted by atomic mass is 16.7. The molecule has 26 heavy (non-hydrogen) atoms. The van der Waals surface area contributed by atoms with Gasteiger partial charge < -0.3 is 20.1 Å². The fraction of sp³-hybridized carbons (Fsp3) is 0.650. The van der Waals surface area contributed by atoms with Crippen molar-refractivity contribution in [1.82, 2.24) is 15.5 Å². The van der Waals surface area contributed by atoms with E-state index < -0.39 is 0 Å². The van der Waals surface area contributed by atoms with Gasteiger partial charge in [0.25, 0.3) is 0 Å². The normalized spacial score (nSPS) is 22.9. The predicted octanol–water partition coefficient (Wildman–Crippen LogP) is 2.97. The van der Waals surface area contributed by atoms with E-state index in [1.807, 2.05) is 18.2 Å². The van der Waals surface area contributed by atoms with E-state index in [1.54, 1.807) is 0 Å². The van der Waals surface area contributed by atoms with Crippen LogP contribution >= 0.6 is 0 Å². The number of carbonyl (C=O) groups is 1. The predicted molar refractivity (Wildman–Crippen MR) is 101 cm³/mol. The van der Waals surface area contributed by atoms with Crippen molar-refractivity contribution in [2.45, 2.75) is 46.2 Å². The second-order valence-corrected chi connectivity index (χ2v) is 8.39. The number of carbonyl (C=O) groups excluding carboxylic acids is 1. The SMILES string of the molecule is CC1CC(C)CN(C(C)(C)CNC(=O)NCc2ccc3c(c2)OCO3)C1. The molecule has 0 spiro atoms. The van der Waals surface area contributed by atoms with Gasteiger partial charge in [0.15, 0.2) is 11.5 Å². The van der Waals surface area contributed by atoms with Crippen LogP contribution in [-0.2, 0) is 6.54 Å². The van der Waals surface area contributed by atoms with Crippen molar-refractivity contribution >= 4 is 6.03 Å². The summed E-state index contributed by atoms with van der Waals surface area (Å²) >= 11 is 0. The molecular weight excluding hydrogens is 330 g/mol. The first kappa shape index (κ1) is 18.8. The Morgan fingerprint density at radius 2 is 1.85 bits per heavy atom. The monoisotopic (exact) mass is 361 g/mol. The summed E-state index contributed by atoms with van der Waals surface area (Å²) in [4.78, 5) is 14.7. The molecule has 6 heteroatoms. The Kier molecular flexibility index (Phi) is 5.61. The molecule has 1 fully saturated rings. The quantitative estimate of drug-likeness (QED) is 0.846. The molecule has 0 aromatic heterocycles. The van der Waals surface area contributed by atoms with Crippen LogP contribution < -0.4 is 20.1 Å². The number of nitrogens with zero attached hydrogens (tertiary/aromatic N) is 1. The first-order chi connectivity index (χ1) is 12.3. The van der Waals surface area contributed by atoms with Gasteiger partial charge in [-0.15, -0.1) is 0 Å². The number of hydrogen-bond acceptors (Lipinski definition) is 4. The van der Waals surface area contributed by atoms with Gasteiger partial charge >= 0.3 is 6.03 Å². The third kappa shape index (κ3) is 4.61. The fourth-order valence-electron chi connectivity index (χ4n) is 3.86. The van der Waals surface area contributed by atoms with Gasteiger partial charge in [-0.1, -0.05) is 19.9 Å². The smallest absolute Gasteiger partial charge is 0.315 e. The van der Waals surface area contributed by atoms with Gasteiger partial charge in [-0.3, -0.25) is 4.90 Å². The summed E-state index contributed by atoms with van der Waals surface area (Å²) in [7, 11) is 0. The Balaban J connectivity index is 1.46. The maximum absolute atomic E-state index is 12.2. The topological polar surface area (TPSA) is 62.8 Å². The summed E-state index contributed by atoms with van der Waals surface area (Å²) in [5.41, 5.74) is 0.932. The van der Waals surface area contributed by atoms with E-state index >= 15 is 0 Å². The molecule has 3 rings (SSSR count). The summed E-state index contributed by atoms with van der Waals surface area (Å²) in [6.45, 7) is 12.6. The lowest BCUT2D eigenvalue weighted by Crippen LogP contribution is -2.56. The number of ether oxygens (including phenoxy) is 2. The van der Waals surface area contributed by atoms with Gasteiger partial charge in [0.2, 0.25) is 6.79 Å². The standard InChI is InChI=1S/C20H31N3O3/c1-14-7-15(2)11-23(10-14)20(3,4)12-22-19(24)21-9-16-5-6-17-18(8-16)26-13-25-17/h5-6,8,14-15H,7,9-13H2,1-4H3,(H2,21,22,24). The number of hydrogen-bond donors (Lipinski definition) is 2. The Morgan fingerprint density at radius 1 is 1.15 bits per heavy atom. The molecule has 2 unspecified atom stereocenters. The van der Waals surface area contributed by atoms with Crippen LogP contribution in [0, 0.1) is 11.8 Å². The minimum Gasteiger partial charge on any atom is -0.454 e. The summed E-state index contributed by atoms with van der Waals surface area (Å²) in [6.07, 6.45) is 1.29. The van der Waals surface area contributed by atoms with Crippen molar-refractivity contribution in [2.24, 2.45) is 11.8 Å². The number of rotatable bonds is 5. The van der Waals surface area contributed by atoms with E-state index in [0.717, 1.165) is 30.2 Å². The van der Waals surface area contributed by atoms with E-state index in [1.165, 1.54) is 6.42 Å². The van der Waals surface area contributed by atoms with E-state index in [0.29, 0.717) is 24.9 Å². The third-order valence-electron chi connectivity index (χ3n) is 5.30. The zero-order chi connectivity index (χ0) is 18.7. The number of urea groups is 1. The molecule has 1 saturated heterocycles. The lowest BCUT2D eigenvalue weighted by atomic mass is 9.88. The maximum atomic E-state index is 12.2. The van der Waals surface area contributed by atoms with Crippen LogP contribution in [0.5, 0.6) is 11.5 Å². The average Bonchev–Trinajstić information content (AvgIpc) is 3.05. The maximum Gasteiger partial charge on any atom is 0.315 e. The van der Waals surface area contributed by atoms with Crippen LogP contribution in [0.3, 0.4) is 0 Å². The zero-order valence-electron chi connectivity index (χ0n) is 16.3. The Morgan fingerprint density at radius 3 is 2.58 bits per heavy atom. The Hall–Kier alpha value is -1.95. The fourth-order valence-corrected chi connectivity index (χ4v) is 3.86. The van der Waals surface area contributed by atoms with Crippen LogP contribution in [0.25, 0.3) is 0 Å². The first-order valence-electron chi connectivity index (χ1n) is 9.49. The molecule has 2 amide bonds. The minimum absolute atomic E-state index is 0.0565. The molecule has 0 saturated carbocycles. The molecule has 2 heterocycles. The molecule has 1 aromatic rings. The molecule has 6 nitrogen and oxygen atoms in total. The molecule has 0 aliphatic carbocycles. The van der Waals surface area contributed by atoms with Crippen LogP contribution in [0.1, 0.15) is 39.7 Å². The summed E-state index contributed by atoms with van der Waals surface area (Å²) in [5.74, 6) is 2.90. The van der Waals surface area contributed by atoms with Gasteiger partial charge in [-0.05, 0) is 49.8 Å². The first-order valence-corrected chi connectivity index (χ1v) is 9.49. The Labute approximate surface area is 156 Å². The molecule has 0 radical (unpaired) electrons. The highest BCUT2D eigenvalue weighted by Gasteiger charge is 2.32. The van der Waals surface area contributed by atoms with E-state index in [9.17, 15) is 4.79 Å². The zero-order valence-corrected chi connectivity index (χ0v) is 16.3. The number of piperidine rings is 1. The second kappa shape index (κ2) is 7.74. The van der Waals surface area contributed by atoms with Crippen LogP contribution in [0.15, 0.2) is 18.2 Å². The van der Waals surface area contributed by atoms with Gasteiger partial charge in [-0.2, -0.15) is 0 Å². The average molecular weight is 361 g/mol. The van der Waals surface area contributed by atoms with E-state index in [2.05, 4.69) is 43.2 Å². The molecule has 0 bridgehead atoms. The molecule has 144 valence electrons. The lowest BCUT2D eigenvalue weighted by molar-refractivity contribution is 0.0472. The van der Waals surface area contributed by atoms with Crippen molar-refractivity contribution < 1.29 is 14.3 Å². The van der Waals surface area contributed by atoms with Gasteiger partial charge in [-0.25, -0.2) is 4.79 Å². The van der Waals surface area contributed by atoms with Crippen molar-refractivity contribution in [3.8, 4) is 11.5 Å². The van der Waals surface area contributed by atoms with Crippen molar-refractivity contribution in [1.29, 1.82) is 0 Å². The number of nitrogens with one attached hydrogen (secondary N) is 2. The highest BCUT2D eigenvalue weighted by molar-refractivity contribution is 5.74. The second-order valence-electron chi connectivity index (χ2n) is 8.39. The minimum atomic E-state index is -0.145. The molecule has 1 aromatic carbocycles. The van der Waals surface area contributed by atoms with Crippen molar-refractivity contribution in [3.05, 3.63) is 23.8 Å². The molecule has 2 aliphatic heterocycles. The molecule has 2 N–H and O–H groups in total. The van der Waals surface area contributed by atoms with Crippen LogP contribution in [0.4, 0.5) is 4.79 Å². The number of fused-ring (bicyclic) bond motifs is 1. The molecule has 2 atom stereocenters. The summed E-state index contributed by atoms with van der Waals surface area (Å²) in [5, 5.41) is 5.94. The van der Waals surface area contributed by atoms with E-state index in [-0.39, 0.29) is 18.4 Å². The number of likely N-dealkylation sites (tertiary alicyclic amines) is 1. The van der Waals surface area contributed by atoms with Crippen LogP contribution in [0.2, 0.25) is 0 Å². The number of amides is 2. The van der Waals surface area contributed by atoms with Crippen molar-refractivity contribution in [3.63, 3.8) is 0 Å². The van der Waals surface area contributed by atoms with Crippen LogP contribution in [-0.4, -0.2) is 42.9 Å². The number of benzene rings is 1. The molecular formula is C20H31N3O3.